The van der Waals surface area contributed by atoms with E-state index in [4.69, 9.17) is 0 Å². The summed E-state index contributed by atoms with van der Waals surface area (Å²) in [7, 11) is 0. The first-order valence-corrected chi connectivity index (χ1v) is 7.56. The molecule has 1 saturated heterocycles. The molecule has 1 aromatic rings. The highest BCUT2D eigenvalue weighted by Gasteiger charge is 2.22. The molecular formula is C16H25N3O. The summed E-state index contributed by atoms with van der Waals surface area (Å²) in [5.74, 6) is 0.850. The summed E-state index contributed by atoms with van der Waals surface area (Å²) in [5.41, 5.74) is 0.994. The van der Waals surface area contributed by atoms with Gasteiger partial charge in [-0.05, 0) is 57.3 Å². The molecule has 2 heterocycles. The molecule has 0 unspecified atom stereocenters. The Morgan fingerprint density at radius 1 is 1.45 bits per heavy atom. The number of hydrogen-bond donors (Lipinski definition) is 1. The van der Waals surface area contributed by atoms with Crippen molar-refractivity contribution < 1.29 is 4.79 Å². The zero-order valence-corrected chi connectivity index (χ0v) is 12.5. The Kier molecular flexibility index (Phi) is 5.53. The van der Waals surface area contributed by atoms with Gasteiger partial charge in [0.15, 0.2) is 0 Å². The molecule has 0 atom stereocenters. The van der Waals surface area contributed by atoms with E-state index in [-0.39, 0.29) is 11.9 Å². The first-order chi connectivity index (χ1) is 9.66. The van der Waals surface area contributed by atoms with Crippen LogP contribution in [0.4, 0.5) is 0 Å². The van der Waals surface area contributed by atoms with Gasteiger partial charge in [-0.15, -0.1) is 0 Å². The summed E-state index contributed by atoms with van der Waals surface area (Å²) in [6.07, 6.45) is 6.31. The molecule has 4 heteroatoms. The van der Waals surface area contributed by atoms with Gasteiger partial charge in [-0.1, -0.05) is 6.07 Å². The number of hydrogen-bond acceptors (Lipinski definition) is 3. The van der Waals surface area contributed by atoms with E-state index in [0.29, 0.717) is 12.3 Å². The van der Waals surface area contributed by atoms with Gasteiger partial charge >= 0.3 is 0 Å². The SMILES string of the molecule is CC(C)N(CC1CCNCC1)C(=O)Cc1cccnc1. The Hall–Kier alpha value is -1.42. The molecule has 1 aliphatic rings. The summed E-state index contributed by atoms with van der Waals surface area (Å²) in [6.45, 7) is 7.24. The summed E-state index contributed by atoms with van der Waals surface area (Å²) in [4.78, 5) is 18.6. The van der Waals surface area contributed by atoms with Crippen LogP contribution in [-0.4, -0.2) is 41.5 Å². The molecule has 0 spiro atoms. The lowest BCUT2D eigenvalue weighted by Crippen LogP contribution is -2.43. The lowest BCUT2D eigenvalue weighted by Gasteiger charge is -2.33. The number of piperidine rings is 1. The smallest absolute Gasteiger partial charge is 0.227 e. The van der Waals surface area contributed by atoms with E-state index in [1.807, 2.05) is 17.0 Å². The molecule has 1 aliphatic heterocycles. The first kappa shape index (κ1) is 15.0. The largest absolute Gasteiger partial charge is 0.340 e. The number of carbonyl (C=O) groups excluding carboxylic acids is 1. The molecule has 2 rings (SSSR count). The minimum absolute atomic E-state index is 0.214. The highest BCUT2D eigenvalue weighted by atomic mass is 16.2. The van der Waals surface area contributed by atoms with Crippen LogP contribution < -0.4 is 5.32 Å². The number of carbonyl (C=O) groups is 1. The van der Waals surface area contributed by atoms with Gasteiger partial charge < -0.3 is 10.2 Å². The fourth-order valence-corrected chi connectivity index (χ4v) is 2.72. The van der Waals surface area contributed by atoms with Crippen molar-refractivity contribution in [1.82, 2.24) is 15.2 Å². The normalized spacial score (nSPS) is 16.4. The standard InChI is InChI=1S/C16H25N3O/c1-13(2)19(12-14-5-8-17-9-6-14)16(20)10-15-4-3-7-18-11-15/h3-4,7,11,13-14,17H,5-6,8-10,12H2,1-2H3. The van der Waals surface area contributed by atoms with Gasteiger partial charge in [0, 0.05) is 25.0 Å². The molecular weight excluding hydrogens is 250 g/mol. The van der Waals surface area contributed by atoms with E-state index < -0.39 is 0 Å². The molecule has 1 fully saturated rings. The Bertz CT molecular complexity index is 413. The van der Waals surface area contributed by atoms with E-state index >= 15 is 0 Å². The number of nitrogens with one attached hydrogen (secondary N) is 1. The molecule has 110 valence electrons. The lowest BCUT2D eigenvalue weighted by atomic mass is 9.96. The van der Waals surface area contributed by atoms with Crippen LogP contribution in [0, 0.1) is 5.92 Å². The zero-order chi connectivity index (χ0) is 14.4. The summed E-state index contributed by atoms with van der Waals surface area (Å²) in [5, 5.41) is 3.37. The molecule has 4 nitrogen and oxygen atoms in total. The quantitative estimate of drug-likeness (QED) is 0.892. The van der Waals surface area contributed by atoms with Crippen molar-refractivity contribution in [3.05, 3.63) is 30.1 Å². The maximum atomic E-state index is 12.5. The number of nitrogens with zero attached hydrogens (tertiary/aromatic N) is 2. The third-order valence-electron chi connectivity index (χ3n) is 3.94. The van der Waals surface area contributed by atoms with E-state index in [9.17, 15) is 4.79 Å². The van der Waals surface area contributed by atoms with Crippen molar-refractivity contribution in [3.63, 3.8) is 0 Å². The average Bonchev–Trinajstić information content (AvgIpc) is 2.46. The Morgan fingerprint density at radius 2 is 2.20 bits per heavy atom. The predicted molar refractivity (Wildman–Crippen MR) is 80.4 cm³/mol. The van der Waals surface area contributed by atoms with Crippen molar-refractivity contribution in [2.75, 3.05) is 19.6 Å². The Labute approximate surface area is 121 Å². The van der Waals surface area contributed by atoms with Crippen LogP contribution in [0.25, 0.3) is 0 Å². The van der Waals surface area contributed by atoms with Crippen molar-refractivity contribution in [1.29, 1.82) is 0 Å². The number of aromatic nitrogens is 1. The van der Waals surface area contributed by atoms with Gasteiger partial charge in [0.2, 0.25) is 5.91 Å². The van der Waals surface area contributed by atoms with Crippen molar-refractivity contribution in [3.8, 4) is 0 Å². The van der Waals surface area contributed by atoms with E-state index in [2.05, 4.69) is 24.1 Å². The van der Waals surface area contributed by atoms with Crippen LogP contribution in [0.5, 0.6) is 0 Å². The van der Waals surface area contributed by atoms with Crippen LogP contribution in [0.1, 0.15) is 32.3 Å². The zero-order valence-electron chi connectivity index (χ0n) is 12.5. The molecule has 0 saturated carbocycles. The maximum absolute atomic E-state index is 12.5. The molecule has 1 amide bonds. The lowest BCUT2D eigenvalue weighted by molar-refractivity contribution is -0.133. The molecule has 0 bridgehead atoms. The fourth-order valence-electron chi connectivity index (χ4n) is 2.72. The second-order valence-electron chi connectivity index (χ2n) is 5.87. The Balaban J connectivity index is 1.95. The number of amides is 1. The molecule has 0 aliphatic carbocycles. The van der Waals surface area contributed by atoms with Crippen molar-refractivity contribution in [2.24, 2.45) is 5.92 Å². The topological polar surface area (TPSA) is 45.2 Å². The molecule has 0 radical (unpaired) electrons. The van der Waals surface area contributed by atoms with Crippen LogP contribution in [0.2, 0.25) is 0 Å². The average molecular weight is 275 g/mol. The molecule has 20 heavy (non-hydrogen) atoms. The summed E-state index contributed by atoms with van der Waals surface area (Å²) in [6, 6.07) is 4.11. The third-order valence-corrected chi connectivity index (χ3v) is 3.94. The van der Waals surface area contributed by atoms with Gasteiger partial charge in [0.25, 0.3) is 0 Å². The van der Waals surface area contributed by atoms with Crippen molar-refractivity contribution in [2.45, 2.75) is 39.2 Å². The number of pyridine rings is 1. The summed E-state index contributed by atoms with van der Waals surface area (Å²) >= 11 is 0. The molecule has 0 aromatic carbocycles. The van der Waals surface area contributed by atoms with E-state index in [1.54, 1.807) is 12.4 Å². The minimum atomic E-state index is 0.214. The maximum Gasteiger partial charge on any atom is 0.227 e. The first-order valence-electron chi connectivity index (χ1n) is 7.56. The van der Waals surface area contributed by atoms with Gasteiger partial charge in [-0.3, -0.25) is 9.78 Å². The van der Waals surface area contributed by atoms with E-state index in [1.165, 1.54) is 12.8 Å². The minimum Gasteiger partial charge on any atom is -0.340 e. The predicted octanol–water partition coefficient (Wildman–Crippen LogP) is 1.86. The van der Waals surface area contributed by atoms with Gasteiger partial charge in [-0.25, -0.2) is 0 Å². The highest BCUT2D eigenvalue weighted by molar-refractivity contribution is 5.79. The molecule has 1 aromatic heterocycles. The monoisotopic (exact) mass is 275 g/mol. The van der Waals surface area contributed by atoms with Crippen molar-refractivity contribution >= 4 is 5.91 Å². The second-order valence-corrected chi connectivity index (χ2v) is 5.87. The fraction of sp³-hybridized carbons (Fsp3) is 0.625. The molecule has 1 N–H and O–H groups in total. The number of rotatable bonds is 5. The van der Waals surface area contributed by atoms with Gasteiger partial charge in [0.05, 0.1) is 6.42 Å². The Morgan fingerprint density at radius 3 is 2.80 bits per heavy atom. The van der Waals surface area contributed by atoms with Crippen LogP contribution >= 0.6 is 0 Å². The second kappa shape index (κ2) is 7.39. The van der Waals surface area contributed by atoms with Gasteiger partial charge in [-0.2, -0.15) is 0 Å². The van der Waals surface area contributed by atoms with Crippen LogP contribution in [-0.2, 0) is 11.2 Å². The van der Waals surface area contributed by atoms with Crippen LogP contribution in [0.15, 0.2) is 24.5 Å². The third kappa shape index (κ3) is 4.30. The highest BCUT2D eigenvalue weighted by Crippen LogP contribution is 2.16. The summed E-state index contributed by atoms with van der Waals surface area (Å²) < 4.78 is 0. The van der Waals surface area contributed by atoms with Gasteiger partial charge in [0.1, 0.15) is 0 Å². The van der Waals surface area contributed by atoms with Crippen LogP contribution in [0.3, 0.4) is 0 Å². The van der Waals surface area contributed by atoms with E-state index in [0.717, 1.165) is 25.2 Å².